The average Bonchev–Trinajstić information content (AvgIpc) is 1.60. The fourth-order valence-electron chi connectivity index (χ4n) is 0.243. The monoisotopic (exact) mass is 224 g/mol. The van der Waals surface area contributed by atoms with E-state index in [0.717, 1.165) is 0 Å². The molecule has 0 aromatic carbocycles. The molecule has 0 unspecified atom stereocenters. The molecule has 0 amide bonds. The maximum atomic E-state index is 11.3. The zero-order valence-corrected chi connectivity index (χ0v) is 6.06. The Bertz CT molecular complexity index is 142. The van der Waals surface area contributed by atoms with Crippen LogP contribution in [0, 0.1) is 0 Å². The summed E-state index contributed by atoms with van der Waals surface area (Å²) in [5.41, 5.74) is 0. The highest BCUT2D eigenvalue weighted by Crippen LogP contribution is 2.30. The van der Waals surface area contributed by atoms with Gasteiger partial charge in [-0.05, 0) is 15.9 Å². The van der Waals surface area contributed by atoms with E-state index >= 15 is 0 Å². The van der Waals surface area contributed by atoms with Crippen molar-refractivity contribution in [2.75, 3.05) is 0 Å². The predicted octanol–water partition coefficient (Wildman–Crippen LogP) is 3.44. The molecule has 0 nitrogen and oxygen atoms in total. The van der Waals surface area contributed by atoms with Gasteiger partial charge in [-0.25, -0.2) is 0 Å². The molecule has 0 heterocycles. The largest absolute Gasteiger partial charge is 0.393 e. The average molecular weight is 225 g/mol. The lowest BCUT2D eigenvalue weighted by Gasteiger charge is -2.02. The molecule has 6 heteroatoms. The predicted molar refractivity (Wildman–Crippen MR) is 28.8 cm³/mol. The number of hydrogen-bond acceptors (Lipinski definition) is 0. The van der Waals surface area contributed by atoms with Gasteiger partial charge in [0.1, 0.15) is 0 Å². The number of alkyl halides is 3. The highest BCUT2D eigenvalue weighted by atomic mass is 79.9. The quantitative estimate of drug-likeness (QED) is 0.599. The summed E-state index contributed by atoms with van der Waals surface area (Å²) in [5.74, 6) is 0. The van der Waals surface area contributed by atoms with Crippen molar-refractivity contribution in [3.63, 3.8) is 0 Å². The fourth-order valence-corrected chi connectivity index (χ4v) is 0.561. The molecule has 0 aromatic rings. The Hall–Kier alpha value is -0.130. The molecule has 0 saturated heterocycles. The highest BCUT2D eigenvalue weighted by molar-refractivity contribution is 9.11. The smallest absolute Gasteiger partial charge is 0.172 e. The second-order valence-corrected chi connectivity index (χ2v) is 2.41. The van der Waals surface area contributed by atoms with Crippen LogP contribution in [0.25, 0.3) is 0 Å². The van der Waals surface area contributed by atoms with Crippen LogP contribution >= 0.6 is 15.9 Å². The number of hydrogen-bond donors (Lipinski definition) is 0. The van der Waals surface area contributed by atoms with Crippen LogP contribution in [0.3, 0.4) is 0 Å². The van der Waals surface area contributed by atoms with E-state index in [1.54, 1.807) is 0 Å². The summed E-state index contributed by atoms with van der Waals surface area (Å²) < 4.78 is 55.3. The van der Waals surface area contributed by atoms with Crippen molar-refractivity contribution in [3.05, 3.63) is 10.6 Å². The van der Waals surface area contributed by atoms with Crippen LogP contribution in [0.1, 0.15) is 6.42 Å². The van der Waals surface area contributed by atoms with Gasteiger partial charge in [0.15, 0.2) is 0 Å². The second-order valence-electron chi connectivity index (χ2n) is 1.46. The molecule has 0 fully saturated rings. The molecule has 0 aliphatic rings. The molecular weight excluding hydrogens is 223 g/mol. The number of rotatable bonds is 1. The van der Waals surface area contributed by atoms with E-state index in [-0.39, 0.29) is 0 Å². The van der Waals surface area contributed by atoms with E-state index in [4.69, 9.17) is 0 Å². The lowest BCUT2D eigenvalue weighted by Crippen LogP contribution is -2.06. The summed E-state index contributed by atoms with van der Waals surface area (Å²) in [6, 6.07) is 0. The molecule has 0 aliphatic carbocycles. The number of halogens is 6. The molecule has 0 aliphatic heterocycles. The molecule has 0 bridgehead atoms. The number of allylic oxidation sites excluding steroid dienone is 1. The lowest BCUT2D eigenvalue weighted by molar-refractivity contribution is -0.126. The van der Waals surface area contributed by atoms with Gasteiger partial charge in [-0.15, -0.1) is 0 Å². The molecule has 0 saturated carbocycles. The van der Waals surface area contributed by atoms with Crippen molar-refractivity contribution in [1.29, 1.82) is 0 Å². The first-order chi connectivity index (χ1) is 4.33. The Balaban J connectivity index is 4.06. The third-order valence-corrected chi connectivity index (χ3v) is 1.14. The first kappa shape index (κ1) is 9.87. The van der Waals surface area contributed by atoms with Gasteiger partial charge in [-0.2, -0.15) is 22.0 Å². The molecular formula is C4H2BrF5. The molecule has 0 aromatic heterocycles. The van der Waals surface area contributed by atoms with E-state index in [9.17, 15) is 22.0 Å². The van der Waals surface area contributed by atoms with E-state index in [0.29, 0.717) is 0 Å². The summed E-state index contributed by atoms with van der Waals surface area (Å²) in [7, 11) is 0. The Labute approximate surface area is 61.8 Å². The summed E-state index contributed by atoms with van der Waals surface area (Å²) in [6.07, 6.45) is -8.53. The van der Waals surface area contributed by atoms with Gasteiger partial charge in [0, 0.05) is 0 Å². The van der Waals surface area contributed by atoms with Crippen LogP contribution in [0.4, 0.5) is 22.0 Å². The molecule has 0 atom stereocenters. The van der Waals surface area contributed by atoms with Gasteiger partial charge < -0.3 is 0 Å². The molecule has 60 valence electrons. The van der Waals surface area contributed by atoms with Crippen LogP contribution in [0.5, 0.6) is 0 Å². The fraction of sp³-hybridized carbons (Fsp3) is 0.500. The Kier molecular flexibility index (Phi) is 3.27. The van der Waals surface area contributed by atoms with E-state index < -0.39 is 23.2 Å². The van der Waals surface area contributed by atoms with Crippen molar-refractivity contribution in [1.82, 2.24) is 0 Å². The Morgan fingerprint density at radius 3 is 1.70 bits per heavy atom. The topological polar surface area (TPSA) is 0 Å². The van der Waals surface area contributed by atoms with Crippen molar-refractivity contribution in [2.24, 2.45) is 0 Å². The summed E-state index contributed by atoms with van der Waals surface area (Å²) in [6.45, 7) is 0. The first-order valence-electron chi connectivity index (χ1n) is 2.09. The SMILES string of the molecule is FC(F)=C(Br)CC(F)(F)F. The van der Waals surface area contributed by atoms with Crippen LogP contribution < -0.4 is 0 Å². The molecule has 0 radical (unpaired) electrons. The van der Waals surface area contributed by atoms with Crippen LogP contribution in [0.2, 0.25) is 0 Å². The van der Waals surface area contributed by atoms with Gasteiger partial charge >= 0.3 is 6.18 Å². The van der Waals surface area contributed by atoms with E-state index in [1.807, 2.05) is 0 Å². The minimum absolute atomic E-state index is 1.11. The zero-order chi connectivity index (χ0) is 8.36. The minimum Gasteiger partial charge on any atom is -0.172 e. The van der Waals surface area contributed by atoms with Crippen LogP contribution in [0.15, 0.2) is 10.6 Å². The van der Waals surface area contributed by atoms with Gasteiger partial charge in [0.05, 0.1) is 10.9 Å². The maximum Gasteiger partial charge on any atom is 0.393 e. The van der Waals surface area contributed by atoms with Crippen molar-refractivity contribution < 1.29 is 22.0 Å². The zero-order valence-electron chi connectivity index (χ0n) is 4.47. The van der Waals surface area contributed by atoms with Crippen molar-refractivity contribution in [3.8, 4) is 0 Å². The van der Waals surface area contributed by atoms with Gasteiger partial charge in [0.2, 0.25) is 0 Å². The molecule has 0 spiro atoms. The summed E-state index contributed by atoms with van der Waals surface area (Å²) in [5, 5.41) is 0. The van der Waals surface area contributed by atoms with Crippen LogP contribution in [-0.4, -0.2) is 6.18 Å². The Morgan fingerprint density at radius 1 is 1.20 bits per heavy atom. The summed E-state index contributed by atoms with van der Waals surface area (Å²) in [4.78, 5) is 0. The van der Waals surface area contributed by atoms with Gasteiger partial charge in [-0.3, -0.25) is 0 Å². The van der Waals surface area contributed by atoms with E-state index in [2.05, 4.69) is 15.9 Å². The third-order valence-electron chi connectivity index (χ3n) is 0.561. The van der Waals surface area contributed by atoms with Crippen molar-refractivity contribution in [2.45, 2.75) is 12.6 Å². The summed E-state index contributed by atoms with van der Waals surface area (Å²) >= 11 is 2.09. The van der Waals surface area contributed by atoms with Crippen LogP contribution in [-0.2, 0) is 0 Å². The van der Waals surface area contributed by atoms with E-state index in [1.165, 1.54) is 0 Å². The highest BCUT2D eigenvalue weighted by Gasteiger charge is 2.29. The molecule has 10 heavy (non-hydrogen) atoms. The minimum atomic E-state index is -4.58. The first-order valence-corrected chi connectivity index (χ1v) is 2.88. The maximum absolute atomic E-state index is 11.3. The normalized spacial score (nSPS) is 11.4. The lowest BCUT2D eigenvalue weighted by atomic mass is 10.4. The standard InChI is InChI=1S/C4H2BrF5/c5-2(3(6)7)1-4(8,9)10/h1H2. The molecule has 0 N–H and O–H groups in total. The molecule has 0 rings (SSSR count). The van der Waals surface area contributed by atoms with Crippen molar-refractivity contribution >= 4 is 15.9 Å². The second kappa shape index (κ2) is 3.32. The van der Waals surface area contributed by atoms with Gasteiger partial charge in [0.25, 0.3) is 6.08 Å². The Morgan fingerprint density at radius 2 is 1.60 bits per heavy atom. The third kappa shape index (κ3) is 4.72. The van der Waals surface area contributed by atoms with Gasteiger partial charge in [-0.1, -0.05) is 0 Å².